The summed E-state index contributed by atoms with van der Waals surface area (Å²) in [6, 6.07) is 10.0. The molecule has 0 unspecified atom stereocenters. The molecule has 1 aliphatic heterocycles. The smallest absolute Gasteiger partial charge is 0.238 e. The van der Waals surface area contributed by atoms with E-state index in [4.69, 9.17) is 0 Å². The SMILES string of the molecule is Cc1cccc(C)c1NC(=O)CN1CCN(c2ccc(-c3cnn(C)c3)nn2)CC1. The first-order valence-electron chi connectivity index (χ1n) is 10.2. The van der Waals surface area contributed by atoms with Crippen LogP contribution < -0.4 is 10.2 Å². The summed E-state index contributed by atoms with van der Waals surface area (Å²) in [5.41, 5.74) is 4.86. The molecule has 1 N–H and O–H groups in total. The van der Waals surface area contributed by atoms with E-state index in [1.807, 2.05) is 57.4 Å². The van der Waals surface area contributed by atoms with Gasteiger partial charge in [0.1, 0.15) is 0 Å². The minimum Gasteiger partial charge on any atom is -0.353 e. The summed E-state index contributed by atoms with van der Waals surface area (Å²) in [5, 5.41) is 16.0. The Morgan fingerprint density at radius 2 is 1.77 bits per heavy atom. The number of rotatable bonds is 5. The Bertz CT molecular complexity index is 1000. The van der Waals surface area contributed by atoms with Gasteiger partial charge in [0.2, 0.25) is 5.91 Å². The van der Waals surface area contributed by atoms with E-state index in [-0.39, 0.29) is 5.91 Å². The van der Waals surface area contributed by atoms with Crippen LogP contribution in [0.25, 0.3) is 11.3 Å². The van der Waals surface area contributed by atoms with Crippen molar-refractivity contribution in [3.63, 3.8) is 0 Å². The highest BCUT2D eigenvalue weighted by atomic mass is 16.2. The first kappa shape index (κ1) is 20.0. The number of anilines is 2. The lowest BCUT2D eigenvalue weighted by molar-refractivity contribution is -0.117. The van der Waals surface area contributed by atoms with Crippen molar-refractivity contribution in [3.05, 3.63) is 53.9 Å². The van der Waals surface area contributed by atoms with Gasteiger partial charge in [-0.15, -0.1) is 10.2 Å². The molecule has 156 valence electrons. The molecule has 8 heteroatoms. The molecule has 3 aromatic rings. The monoisotopic (exact) mass is 405 g/mol. The molecule has 1 amide bonds. The van der Waals surface area contributed by atoms with E-state index in [2.05, 4.69) is 30.4 Å². The van der Waals surface area contributed by atoms with Crippen LogP contribution in [0.4, 0.5) is 11.5 Å². The summed E-state index contributed by atoms with van der Waals surface area (Å²) in [7, 11) is 1.88. The maximum Gasteiger partial charge on any atom is 0.238 e. The van der Waals surface area contributed by atoms with Crippen molar-refractivity contribution >= 4 is 17.4 Å². The first-order chi connectivity index (χ1) is 14.5. The number of amides is 1. The molecule has 0 aliphatic carbocycles. The van der Waals surface area contributed by atoms with E-state index in [0.29, 0.717) is 6.54 Å². The second-order valence-corrected chi connectivity index (χ2v) is 7.76. The standard InChI is InChI=1S/C22H27N7O/c1-16-5-4-6-17(2)22(16)24-21(30)15-28-9-11-29(12-10-28)20-8-7-19(25-26-20)18-13-23-27(3)14-18/h4-8,13-14H,9-12,15H2,1-3H3,(H,24,30). The second kappa shape index (κ2) is 8.62. The summed E-state index contributed by atoms with van der Waals surface area (Å²) in [6.07, 6.45) is 3.71. The van der Waals surface area contributed by atoms with E-state index >= 15 is 0 Å². The third kappa shape index (κ3) is 4.49. The molecule has 3 heterocycles. The normalized spacial score (nSPS) is 14.7. The van der Waals surface area contributed by atoms with Gasteiger partial charge in [0.15, 0.2) is 5.82 Å². The number of nitrogens with one attached hydrogen (secondary N) is 1. The first-order valence-corrected chi connectivity index (χ1v) is 10.2. The second-order valence-electron chi connectivity index (χ2n) is 7.76. The number of benzene rings is 1. The van der Waals surface area contributed by atoms with Crippen molar-refractivity contribution in [2.24, 2.45) is 7.05 Å². The Hall–Kier alpha value is -3.26. The van der Waals surface area contributed by atoms with Crippen molar-refractivity contribution in [3.8, 4) is 11.3 Å². The third-order valence-corrected chi connectivity index (χ3v) is 5.46. The molecular formula is C22H27N7O. The lowest BCUT2D eigenvalue weighted by Gasteiger charge is -2.34. The molecule has 1 aliphatic rings. The van der Waals surface area contributed by atoms with Crippen LogP contribution in [0.15, 0.2) is 42.7 Å². The van der Waals surface area contributed by atoms with E-state index in [0.717, 1.165) is 60.1 Å². The van der Waals surface area contributed by atoms with Gasteiger partial charge in [-0.3, -0.25) is 14.4 Å². The van der Waals surface area contributed by atoms with Gasteiger partial charge < -0.3 is 10.2 Å². The van der Waals surface area contributed by atoms with Crippen molar-refractivity contribution in [2.75, 3.05) is 42.9 Å². The van der Waals surface area contributed by atoms with Crippen molar-refractivity contribution in [2.45, 2.75) is 13.8 Å². The van der Waals surface area contributed by atoms with Crippen LogP contribution in [-0.2, 0) is 11.8 Å². The number of hydrogen-bond donors (Lipinski definition) is 1. The average molecular weight is 406 g/mol. The number of aromatic nitrogens is 4. The quantitative estimate of drug-likeness (QED) is 0.701. The fraction of sp³-hybridized carbons (Fsp3) is 0.364. The number of piperazine rings is 1. The fourth-order valence-corrected chi connectivity index (χ4v) is 3.73. The molecule has 4 rings (SSSR count). The highest BCUT2D eigenvalue weighted by Gasteiger charge is 2.21. The molecule has 0 atom stereocenters. The number of carbonyl (C=O) groups is 1. The van der Waals surface area contributed by atoms with E-state index in [9.17, 15) is 4.79 Å². The Balaban J connectivity index is 1.30. The fourth-order valence-electron chi connectivity index (χ4n) is 3.73. The van der Waals surface area contributed by atoms with Crippen molar-refractivity contribution in [1.29, 1.82) is 0 Å². The van der Waals surface area contributed by atoms with Gasteiger partial charge in [-0.2, -0.15) is 5.10 Å². The van der Waals surface area contributed by atoms with Gasteiger partial charge in [-0.25, -0.2) is 0 Å². The number of para-hydroxylation sites is 1. The zero-order valence-electron chi connectivity index (χ0n) is 17.7. The summed E-state index contributed by atoms with van der Waals surface area (Å²) < 4.78 is 1.75. The zero-order chi connectivity index (χ0) is 21.1. The molecule has 30 heavy (non-hydrogen) atoms. The van der Waals surface area contributed by atoms with Crippen LogP contribution in [0.5, 0.6) is 0 Å². The van der Waals surface area contributed by atoms with Crippen LogP contribution in [-0.4, -0.2) is 63.5 Å². The van der Waals surface area contributed by atoms with E-state index in [1.165, 1.54) is 0 Å². The molecule has 1 saturated heterocycles. The van der Waals surface area contributed by atoms with Crippen LogP contribution >= 0.6 is 0 Å². The summed E-state index contributed by atoms with van der Waals surface area (Å²) in [6.45, 7) is 7.69. The highest BCUT2D eigenvalue weighted by Crippen LogP contribution is 2.20. The molecule has 1 fully saturated rings. The van der Waals surface area contributed by atoms with Crippen LogP contribution in [0.3, 0.4) is 0 Å². The van der Waals surface area contributed by atoms with Gasteiger partial charge in [0, 0.05) is 50.7 Å². The molecule has 2 aromatic heterocycles. The molecular weight excluding hydrogens is 378 g/mol. The predicted molar refractivity (Wildman–Crippen MR) is 117 cm³/mol. The minimum absolute atomic E-state index is 0.0291. The molecule has 8 nitrogen and oxygen atoms in total. The minimum atomic E-state index is 0.0291. The predicted octanol–water partition coefficient (Wildman–Crippen LogP) is 2.25. The Labute approximate surface area is 176 Å². The number of nitrogens with zero attached hydrogens (tertiary/aromatic N) is 6. The molecule has 0 radical (unpaired) electrons. The van der Waals surface area contributed by atoms with Crippen molar-refractivity contribution < 1.29 is 4.79 Å². The van der Waals surface area contributed by atoms with Gasteiger partial charge in [-0.05, 0) is 37.1 Å². The number of hydrogen-bond acceptors (Lipinski definition) is 6. The maximum atomic E-state index is 12.5. The lowest BCUT2D eigenvalue weighted by atomic mass is 10.1. The lowest BCUT2D eigenvalue weighted by Crippen LogP contribution is -2.49. The van der Waals surface area contributed by atoms with Gasteiger partial charge >= 0.3 is 0 Å². The number of aryl methyl sites for hydroxylation is 3. The molecule has 0 saturated carbocycles. The Kier molecular flexibility index (Phi) is 5.76. The Morgan fingerprint density at radius 1 is 1.03 bits per heavy atom. The summed E-state index contributed by atoms with van der Waals surface area (Å²) in [5.74, 6) is 0.892. The summed E-state index contributed by atoms with van der Waals surface area (Å²) in [4.78, 5) is 16.9. The van der Waals surface area contributed by atoms with E-state index < -0.39 is 0 Å². The van der Waals surface area contributed by atoms with Crippen molar-refractivity contribution in [1.82, 2.24) is 24.9 Å². The third-order valence-electron chi connectivity index (χ3n) is 5.46. The maximum absolute atomic E-state index is 12.5. The topological polar surface area (TPSA) is 79.2 Å². The largest absolute Gasteiger partial charge is 0.353 e. The van der Waals surface area contributed by atoms with Gasteiger partial charge in [0.25, 0.3) is 0 Å². The van der Waals surface area contributed by atoms with Gasteiger partial charge in [-0.1, -0.05) is 18.2 Å². The van der Waals surface area contributed by atoms with Gasteiger partial charge in [0.05, 0.1) is 18.4 Å². The van der Waals surface area contributed by atoms with Crippen LogP contribution in [0.1, 0.15) is 11.1 Å². The Morgan fingerprint density at radius 3 is 2.37 bits per heavy atom. The summed E-state index contributed by atoms with van der Waals surface area (Å²) >= 11 is 0. The zero-order valence-corrected chi connectivity index (χ0v) is 17.7. The molecule has 0 bridgehead atoms. The van der Waals surface area contributed by atoms with Crippen LogP contribution in [0, 0.1) is 13.8 Å². The van der Waals surface area contributed by atoms with Crippen LogP contribution in [0.2, 0.25) is 0 Å². The highest BCUT2D eigenvalue weighted by molar-refractivity contribution is 5.93. The molecule has 0 spiro atoms. The molecule has 1 aromatic carbocycles. The van der Waals surface area contributed by atoms with E-state index in [1.54, 1.807) is 10.9 Å². The average Bonchev–Trinajstić information content (AvgIpc) is 3.18. The number of carbonyl (C=O) groups excluding carboxylic acids is 1.